The first-order valence-electron chi connectivity index (χ1n) is 8.01. The first-order valence-corrected chi connectivity index (χ1v) is 8.01. The van der Waals surface area contributed by atoms with Gasteiger partial charge in [0.05, 0.1) is 28.4 Å². The summed E-state index contributed by atoms with van der Waals surface area (Å²) in [6.07, 6.45) is 4.81. The van der Waals surface area contributed by atoms with Gasteiger partial charge < -0.3 is 24.7 Å². The first kappa shape index (κ1) is 18.7. The molecule has 2 aromatic rings. The number of hydrogen-bond acceptors (Lipinski definition) is 5. The van der Waals surface area contributed by atoms with Gasteiger partial charge in [0.15, 0.2) is 23.0 Å². The van der Waals surface area contributed by atoms with Crippen molar-refractivity contribution in [2.45, 2.75) is 6.42 Å². The van der Waals surface area contributed by atoms with Gasteiger partial charge >= 0.3 is 0 Å². The number of benzene rings is 2. The number of hydrogen-bond donors (Lipinski definition) is 1. The lowest BCUT2D eigenvalue weighted by Gasteiger charge is -2.13. The second kappa shape index (κ2) is 8.99. The molecule has 0 aromatic heterocycles. The minimum atomic E-state index is 0.562. The topological polar surface area (TPSA) is 62.9 Å². The molecule has 0 radical (unpaired) electrons. The van der Waals surface area contributed by atoms with Gasteiger partial charge in [-0.2, -0.15) is 0 Å². The zero-order chi connectivity index (χ0) is 18.2. The molecule has 2 aromatic carbocycles. The van der Waals surface area contributed by atoms with Crippen molar-refractivity contribution in [2.24, 2.45) is 5.73 Å². The lowest BCUT2D eigenvalue weighted by molar-refractivity contribution is 0.354. The van der Waals surface area contributed by atoms with Gasteiger partial charge in [0.25, 0.3) is 0 Å². The highest BCUT2D eigenvalue weighted by Gasteiger charge is 2.09. The normalized spacial score (nSPS) is 10.8. The molecule has 0 spiro atoms. The van der Waals surface area contributed by atoms with E-state index in [9.17, 15) is 0 Å². The van der Waals surface area contributed by atoms with Crippen molar-refractivity contribution in [1.29, 1.82) is 0 Å². The molecule has 0 aliphatic rings. The summed E-state index contributed by atoms with van der Waals surface area (Å²) in [5.74, 6) is 2.79. The van der Waals surface area contributed by atoms with E-state index >= 15 is 0 Å². The number of ether oxygens (including phenoxy) is 4. The number of methoxy groups -OCH3 is 4. The Labute approximate surface area is 149 Å². The fourth-order valence-electron chi connectivity index (χ4n) is 2.61. The molecule has 0 heterocycles. The number of rotatable bonds is 8. The van der Waals surface area contributed by atoms with Gasteiger partial charge in [0.1, 0.15) is 0 Å². The smallest absolute Gasteiger partial charge is 0.161 e. The van der Waals surface area contributed by atoms with E-state index < -0.39 is 0 Å². The lowest BCUT2D eigenvalue weighted by atomic mass is 10.0. The molecule has 5 nitrogen and oxygen atoms in total. The zero-order valence-corrected chi connectivity index (χ0v) is 15.2. The van der Waals surface area contributed by atoms with Gasteiger partial charge in [-0.15, -0.1) is 0 Å². The molecule has 0 bridgehead atoms. The minimum Gasteiger partial charge on any atom is -0.493 e. The summed E-state index contributed by atoms with van der Waals surface area (Å²) in [4.78, 5) is 0. The van der Waals surface area contributed by atoms with Crippen molar-refractivity contribution < 1.29 is 18.9 Å². The molecule has 0 aliphatic carbocycles. The minimum absolute atomic E-state index is 0.562. The zero-order valence-electron chi connectivity index (χ0n) is 15.2. The van der Waals surface area contributed by atoms with Crippen LogP contribution in [0.25, 0.3) is 12.2 Å². The van der Waals surface area contributed by atoms with Gasteiger partial charge in [-0.3, -0.25) is 0 Å². The van der Waals surface area contributed by atoms with Crippen LogP contribution in [0, 0.1) is 0 Å². The summed E-state index contributed by atoms with van der Waals surface area (Å²) >= 11 is 0. The highest BCUT2D eigenvalue weighted by molar-refractivity contribution is 5.74. The average molecular weight is 343 g/mol. The Morgan fingerprint density at radius 2 is 1.36 bits per heavy atom. The van der Waals surface area contributed by atoms with Gasteiger partial charge in [0.2, 0.25) is 0 Å². The van der Waals surface area contributed by atoms with Gasteiger partial charge in [-0.25, -0.2) is 0 Å². The summed E-state index contributed by atoms with van der Waals surface area (Å²) in [6.45, 7) is 0.562. The van der Waals surface area contributed by atoms with Crippen molar-refractivity contribution in [3.63, 3.8) is 0 Å². The lowest BCUT2D eigenvalue weighted by Crippen LogP contribution is -2.05. The summed E-state index contributed by atoms with van der Waals surface area (Å²) in [5.41, 5.74) is 8.90. The van der Waals surface area contributed by atoms with E-state index in [0.717, 1.165) is 23.1 Å². The van der Waals surface area contributed by atoms with E-state index in [1.165, 1.54) is 0 Å². The quantitative estimate of drug-likeness (QED) is 0.745. The highest BCUT2D eigenvalue weighted by Crippen LogP contribution is 2.32. The van der Waals surface area contributed by atoms with Crippen LogP contribution in [0.2, 0.25) is 0 Å². The first-order chi connectivity index (χ1) is 12.2. The Hall–Kier alpha value is -2.66. The SMILES string of the molecule is COc1ccc(/C=C/c2cc(OC)c(OC)cc2CCN)cc1OC. The maximum Gasteiger partial charge on any atom is 0.161 e. The Kier molecular flexibility index (Phi) is 6.71. The van der Waals surface area contributed by atoms with E-state index in [1.54, 1.807) is 28.4 Å². The maximum absolute atomic E-state index is 5.74. The second-order valence-corrected chi connectivity index (χ2v) is 5.39. The summed E-state index contributed by atoms with van der Waals surface area (Å²) in [5, 5.41) is 0. The molecule has 25 heavy (non-hydrogen) atoms. The number of nitrogens with two attached hydrogens (primary N) is 1. The Balaban J connectivity index is 2.39. The Morgan fingerprint density at radius 3 is 1.96 bits per heavy atom. The van der Waals surface area contributed by atoms with Crippen LogP contribution < -0.4 is 24.7 Å². The molecule has 5 heteroatoms. The molecule has 0 fully saturated rings. The summed E-state index contributed by atoms with van der Waals surface area (Å²) in [6, 6.07) is 9.72. The molecule has 134 valence electrons. The predicted octanol–water partition coefficient (Wildman–Crippen LogP) is 3.39. The van der Waals surface area contributed by atoms with Crippen molar-refractivity contribution in [3.05, 3.63) is 47.0 Å². The fourth-order valence-corrected chi connectivity index (χ4v) is 2.61. The van der Waals surface area contributed by atoms with Crippen molar-refractivity contribution in [1.82, 2.24) is 0 Å². The molecule has 2 N–H and O–H groups in total. The van der Waals surface area contributed by atoms with Crippen LogP contribution in [-0.2, 0) is 6.42 Å². The molecule has 0 saturated heterocycles. The van der Waals surface area contributed by atoms with Crippen molar-refractivity contribution >= 4 is 12.2 Å². The Morgan fingerprint density at radius 1 is 0.760 bits per heavy atom. The third-order valence-corrected chi connectivity index (χ3v) is 3.92. The van der Waals surface area contributed by atoms with Crippen LogP contribution in [-0.4, -0.2) is 35.0 Å². The molecular weight excluding hydrogens is 318 g/mol. The molecular formula is C20H25NO4. The van der Waals surface area contributed by atoms with Crippen LogP contribution in [0.4, 0.5) is 0 Å². The summed E-state index contributed by atoms with van der Waals surface area (Å²) in [7, 11) is 6.50. The maximum atomic E-state index is 5.74. The van der Waals surface area contributed by atoms with E-state index in [4.69, 9.17) is 24.7 Å². The average Bonchev–Trinajstić information content (AvgIpc) is 2.66. The standard InChI is InChI=1S/C20H25NO4/c1-22-17-8-6-14(11-18(17)23-2)5-7-15-12-19(24-3)20(25-4)13-16(15)9-10-21/h5-8,11-13H,9-10,21H2,1-4H3/b7-5+. The van der Waals surface area contributed by atoms with E-state index in [2.05, 4.69) is 0 Å². The van der Waals surface area contributed by atoms with Gasteiger partial charge in [-0.1, -0.05) is 18.2 Å². The van der Waals surface area contributed by atoms with Crippen LogP contribution in [0.1, 0.15) is 16.7 Å². The van der Waals surface area contributed by atoms with Crippen LogP contribution in [0.3, 0.4) is 0 Å². The monoisotopic (exact) mass is 343 g/mol. The Bertz CT molecular complexity index is 741. The van der Waals surface area contributed by atoms with Gasteiger partial charge in [0, 0.05) is 0 Å². The van der Waals surface area contributed by atoms with E-state index in [1.807, 2.05) is 42.5 Å². The van der Waals surface area contributed by atoms with Gasteiger partial charge in [-0.05, 0) is 53.9 Å². The molecule has 0 amide bonds. The van der Waals surface area contributed by atoms with Crippen LogP contribution in [0.5, 0.6) is 23.0 Å². The molecule has 0 atom stereocenters. The largest absolute Gasteiger partial charge is 0.493 e. The van der Waals surface area contributed by atoms with Crippen molar-refractivity contribution in [3.8, 4) is 23.0 Å². The third kappa shape index (κ3) is 4.45. The van der Waals surface area contributed by atoms with E-state index in [-0.39, 0.29) is 0 Å². The van der Waals surface area contributed by atoms with Crippen molar-refractivity contribution in [2.75, 3.05) is 35.0 Å². The molecule has 2 rings (SSSR count). The predicted molar refractivity (Wildman–Crippen MR) is 101 cm³/mol. The summed E-state index contributed by atoms with van der Waals surface area (Å²) < 4.78 is 21.4. The molecule has 0 unspecified atom stereocenters. The fraction of sp³-hybridized carbons (Fsp3) is 0.300. The molecule has 0 aliphatic heterocycles. The highest BCUT2D eigenvalue weighted by atomic mass is 16.5. The second-order valence-electron chi connectivity index (χ2n) is 5.39. The van der Waals surface area contributed by atoms with Crippen LogP contribution >= 0.6 is 0 Å². The molecule has 0 saturated carbocycles. The van der Waals surface area contributed by atoms with E-state index in [0.29, 0.717) is 29.5 Å². The third-order valence-electron chi connectivity index (χ3n) is 3.92. The van der Waals surface area contributed by atoms with Crippen LogP contribution in [0.15, 0.2) is 30.3 Å².